The maximum Gasteiger partial charge on any atom is 0.191 e. The van der Waals surface area contributed by atoms with E-state index in [1.54, 1.807) is 18.4 Å². The Kier molecular flexibility index (Phi) is 9.81. The molecule has 5 nitrogen and oxygen atoms in total. The van der Waals surface area contributed by atoms with Gasteiger partial charge >= 0.3 is 0 Å². The lowest BCUT2D eigenvalue weighted by molar-refractivity contribution is 0.411. The first kappa shape index (κ1) is 21.7. The topological polar surface area (TPSA) is 58.5 Å². The van der Waals surface area contributed by atoms with Gasteiger partial charge in [-0.05, 0) is 38.0 Å². The molecule has 1 aromatic heterocycles. The molecule has 1 heterocycles. The Labute approximate surface area is 171 Å². The Morgan fingerprint density at radius 1 is 1.28 bits per heavy atom. The van der Waals surface area contributed by atoms with Crippen LogP contribution >= 0.6 is 35.3 Å². The van der Waals surface area contributed by atoms with Crippen LogP contribution in [0.3, 0.4) is 0 Å². The van der Waals surface area contributed by atoms with E-state index < -0.39 is 0 Å². The predicted octanol–water partition coefficient (Wildman–Crippen LogP) is 3.68. The lowest BCUT2D eigenvalue weighted by Crippen LogP contribution is -2.38. The van der Waals surface area contributed by atoms with Crippen molar-refractivity contribution in [2.24, 2.45) is 4.99 Å². The first-order valence-corrected chi connectivity index (χ1v) is 9.07. The summed E-state index contributed by atoms with van der Waals surface area (Å²) in [5.41, 5.74) is 3.43. The van der Waals surface area contributed by atoms with E-state index in [0.717, 1.165) is 47.5 Å². The summed E-state index contributed by atoms with van der Waals surface area (Å²) in [6.45, 7) is 8.43. The molecule has 0 atom stereocenters. The molecule has 0 aliphatic carbocycles. The third kappa shape index (κ3) is 7.19. The van der Waals surface area contributed by atoms with Crippen molar-refractivity contribution in [2.45, 2.75) is 33.7 Å². The highest BCUT2D eigenvalue weighted by Crippen LogP contribution is 2.18. The molecule has 2 aromatic rings. The lowest BCUT2D eigenvalue weighted by Gasteiger charge is -2.11. The maximum atomic E-state index is 5.30. The summed E-state index contributed by atoms with van der Waals surface area (Å²) < 4.78 is 5.30. The number of aliphatic imine (C=N–C) groups is 1. The van der Waals surface area contributed by atoms with Crippen molar-refractivity contribution in [3.8, 4) is 5.75 Å². The average molecular weight is 474 g/mol. The van der Waals surface area contributed by atoms with E-state index in [-0.39, 0.29) is 24.0 Å². The molecule has 0 radical (unpaired) electrons. The van der Waals surface area contributed by atoms with Crippen molar-refractivity contribution in [3.05, 3.63) is 45.4 Å². The second kappa shape index (κ2) is 11.3. The van der Waals surface area contributed by atoms with E-state index in [1.165, 1.54) is 5.56 Å². The molecular formula is C18H27IN4OS. The number of nitrogens with one attached hydrogen (secondary N) is 2. The number of hydrogen-bond donors (Lipinski definition) is 2. The summed E-state index contributed by atoms with van der Waals surface area (Å²) >= 11 is 1.69. The number of methoxy groups -OCH3 is 1. The standard InChI is InChI=1S/C18H26N4OS.HI/c1-5-19-18(20-9-8-16-12-24-14(3)22-16)21-11-15-6-7-17(23-4)13(2)10-15;/h6-7,10,12H,5,8-9,11H2,1-4H3,(H2,19,20,21);1H. The molecule has 1 aromatic carbocycles. The molecule has 138 valence electrons. The van der Waals surface area contributed by atoms with Gasteiger partial charge in [-0.3, -0.25) is 0 Å². The largest absolute Gasteiger partial charge is 0.496 e. The Bertz CT molecular complexity index is 687. The average Bonchev–Trinajstić information content (AvgIpc) is 2.98. The smallest absolute Gasteiger partial charge is 0.191 e. The maximum absolute atomic E-state index is 5.30. The Morgan fingerprint density at radius 3 is 2.68 bits per heavy atom. The minimum absolute atomic E-state index is 0. The van der Waals surface area contributed by atoms with Gasteiger partial charge in [0.05, 0.1) is 24.4 Å². The monoisotopic (exact) mass is 474 g/mol. The van der Waals surface area contributed by atoms with Gasteiger partial charge in [-0.2, -0.15) is 0 Å². The zero-order chi connectivity index (χ0) is 17.4. The van der Waals surface area contributed by atoms with Crippen molar-refractivity contribution in [1.29, 1.82) is 0 Å². The van der Waals surface area contributed by atoms with Crippen LogP contribution in [0.25, 0.3) is 0 Å². The van der Waals surface area contributed by atoms with Gasteiger partial charge in [-0.25, -0.2) is 9.98 Å². The molecule has 7 heteroatoms. The van der Waals surface area contributed by atoms with Crippen LogP contribution in [0.15, 0.2) is 28.6 Å². The number of nitrogens with zero attached hydrogens (tertiary/aromatic N) is 2. The molecule has 25 heavy (non-hydrogen) atoms. The second-order valence-corrected chi connectivity index (χ2v) is 6.60. The summed E-state index contributed by atoms with van der Waals surface area (Å²) in [7, 11) is 1.69. The number of ether oxygens (including phenoxy) is 1. The van der Waals surface area contributed by atoms with E-state index in [9.17, 15) is 0 Å². The van der Waals surface area contributed by atoms with Gasteiger partial charge in [0.15, 0.2) is 5.96 Å². The minimum Gasteiger partial charge on any atom is -0.496 e. The molecule has 0 fully saturated rings. The van der Waals surface area contributed by atoms with Crippen LogP contribution in [0.5, 0.6) is 5.75 Å². The molecule has 0 aliphatic rings. The minimum atomic E-state index is 0. The van der Waals surface area contributed by atoms with Crippen molar-refractivity contribution in [2.75, 3.05) is 20.2 Å². The van der Waals surface area contributed by atoms with Crippen molar-refractivity contribution >= 4 is 41.3 Å². The van der Waals surface area contributed by atoms with E-state index in [1.807, 2.05) is 19.9 Å². The highest BCUT2D eigenvalue weighted by Gasteiger charge is 2.02. The van der Waals surface area contributed by atoms with Gasteiger partial charge in [0, 0.05) is 24.9 Å². The Balaban J connectivity index is 0.00000312. The third-order valence-corrected chi connectivity index (χ3v) is 4.39. The van der Waals surface area contributed by atoms with Crippen LogP contribution in [0.2, 0.25) is 0 Å². The number of guanidine groups is 1. The van der Waals surface area contributed by atoms with Crippen LogP contribution in [0, 0.1) is 13.8 Å². The summed E-state index contributed by atoms with van der Waals surface area (Å²) in [5.74, 6) is 1.74. The number of rotatable bonds is 7. The van der Waals surface area contributed by atoms with Crippen LogP contribution in [0.1, 0.15) is 28.8 Å². The first-order chi connectivity index (χ1) is 11.6. The highest BCUT2D eigenvalue weighted by molar-refractivity contribution is 14.0. The summed E-state index contributed by atoms with van der Waals surface area (Å²) in [6, 6.07) is 6.16. The van der Waals surface area contributed by atoms with Gasteiger partial charge in [-0.1, -0.05) is 12.1 Å². The number of halogens is 1. The van der Waals surface area contributed by atoms with Crippen LogP contribution in [0.4, 0.5) is 0 Å². The first-order valence-electron chi connectivity index (χ1n) is 8.19. The third-order valence-electron chi connectivity index (χ3n) is 3.56. The molecule has 2 rings (SSSR count). The summed E-state index contributed by atoms with van der Waals surface area (Å²) in [5, 5.41) is 9.87. The molecule has 0 amide bonds. The molecule has 0 unspecified atom stereocenters. The number of thiazole rings is 1. The van der Waals surface area contributed by atoms with Gasteiger partial charge < -0.3 is 15.4 Å². The van der Waals surface area contributed by atoms with E-state index in [2.05, 4.69) is 45.0 Å². The molecule has 0 aliphatic heterocycles. The molecule has 0 saturated heterocycles. The number of benzene rings is 1. The zero-order valence-corrected chi connectivity index (χ0v) is 18.4. The molecule has 0 saturated carbocycles. The van der Waals surface area contributed by atoms with Gasteiger partial charge in [-0.15, -0.1) is 35.3 Å². The SMILES string of the molecule is CCNC(=NCc1ccc(OC)c(C)c1)NCCc1csc(C)n1.I. The van der Waals surface area contributed by atoms with E-state index in [4.69, 9.17) is 4.74 Å². The lowest BCUT2D eigenvalue weighted by atomic mass is 10.1. The molecule has 0 spiro atoms. The Morgan fingerprint density at radius 2 is 2.08 bits per heavy atom. The number of hydrogen-bond acceptors (Lipinski definition) is 4. The predicted molar refractivity (Wildman–Crippen MR) is 117 cm³/mol. The van der Waals surface area contributed by atoms with Crippen LogP contribution in [-0.2, 0) is 13.0 Å². The van der Waals surface area contributed by atoms with E-state index >= 15 is 0 Å². The van der Waals surface area contributed by atoms with Crippen molar-refractivity contribution < 1.29 is 4.74 Å². The van der Waals surface area contributed by atoms with Gasteiger partial charge in [0.2, 0.25) is 0 Å². The van der Waals surface area contributed by atoms with E-state index in [0.29, 0.717) is 6.54 Å². The molecular weight excluding hydrogens is 447 g/mol. The number of aryl methyl sites for hydroxylation is 2. The quantitative estimate of drug-likeness (QED) is 0.365. The highest BCUT2D eigenvalue weighted by atomic mass is 127. The fourth-order valence-corrected chi connectivity index (χ4v) is 3.03. The van der Waals surface area contributed by atoms with Crippen LogP contribution in [-0.4, -0.2) is 31.1 Å². The Hall–Kier alpha value is -1.35. The van der Waals surface area contributed by atoms with Crippen molar-refractivity contribution in [1.82, 2.24) is 15.6 Å². The normalized spacial score (nSPS) is 11.0. The fraction of sp³-hybridized carbons (Fsp3) is 0.444. The molecule has 2 N–H and O–H groups in total. The second-order valence-electron chi connectivity index (χ2n) is 5.53. The summed E-state index contributed by atoms with van der Waals surface area (Å²) in [6.07, 6.45) is 0.899. The summed E-state index contributed by atoms with van der Waals surface area (Å²) in [4.78, 5) is 9.13. The van der Waals surface area contributed by atoms with Crippen molar-refractivity contribution in [3.63, 3.8) is 0 Å². The fourth-order valence-electron chi connectivity index (χ4n) is 2.38. The van der Waals surface area contributed by atoms with Crippen LogP contribution < -0.4 is 15.4 Å². The van der Waals surface area contributed by atoms with Gasteiger partial charge in [0.1, 0.15) is 5.75 Å². The number of aromatic nitrogens is 1. The molecule has 0 bridgehead atoms. The zero-order valence-electron chi connectivity index (χ0n) is 15.3. The van der Waals surface area contributed by atoms with Gasteiger partial charge in [0.25, 0.3) is 0 Å².